The largest absolute Gasteiger partial charge is 0.478 e. The van der Waals surface area contributed by atoms with Crippen LogP contribution in [0.1, 0.15) is 40.5 Å². The van der Waals surface area contributed by atoms with Gasteiger partial charge in [-0.1, -0.05) is 12.1 Å². The first-order valence-corrected chi connectivity index (χ1v) is 8.98. The van der Waals surface area contributed by atoms with Crippen molar-refractivity contribution in [1.29, 1.82) is 0 Å². The molecule has 7 heteroatoms. The summed E-state index contributed by atoms with van der Waals surface area (Å²) in [4.78, 5) is 27.1. The second-order valence-corrected chi connectivity index (χ2v) is 6.78. The lowest BCUT2D eigenvalue weighted by Gasteiger charge is -2.25. The number of hydrogen-bond donors (Lipinski definition) is 1. The summed E-state index contributed by atoms with van der Waals surface area (Å²) in [6.07, 6.45) is 9.23. The van der Waals surface area contributed by atoms with E-state index in [1.54, 1.807) is 30.7 Å². The van der Waals surface area contributed by atoms with E-state index in [0.29, 0.717) is 5.56 Å². The van der Waals surface area contributed by atoms with Crippen LogP contribution in [0.15, 0.2) is 49.1 Å². The Morgan fingerprint density at radius 3 is 2.63 bits per heavy atom. The molecule has 2 aromatic heterocycles. The molecule has 0 unspecified atom stereocenters. The van der Waals surface area contributed by atoms with Crippen LogP contribution < -0.4 is 0 Å². The Morgan fingerprint density at radius 2 is 1.93 bits per heavy atom. The number of aryl methyl sites for hydroxylation is 1. The van der Waals surface area contributed by atoms with E-state index in [2.05, 4.69) is 19.9 Å². The fourth-order valence-corrected chi connectivity index (χ4v) is 3.67. The Morgan fingerprint density at radius 1 is 1.15 bits per heavy atom. The molecular formula is C20H21N5O2. The number of aromatic carboxylic acids is 1. The molecular weight excluding hydrogens is 342 g/mol. The normalized spacial score (nSPS) is 17.3. The molecule has 1 saturated heterocycles. The maximum absolute atomic E-state index is 11.0. The van der Waals surface area contributed by atoms with Gasteiger partial charge in [0.25, 0.3) is 0 Å². The molecule has 1 aliphatic rings. The molecule has 3 heterocycles. The molecule has 1 atom stereocenters. The van der Waals surface area contributed by atoms with Gasteiger partial charge in [0.2, 0.25) is 0 Å². The van der Waals surface area contributed by atoms with E-state index >= 15 is 0 Å². The highest BCUT2D eigenvalue weighted by molar-refractivity contribution is 5.87. The van der Waals surface area contributed by atoms with Crippen molar-refractivity contribution in [3.63, 3.8) is 0 Å². The lowest BCUT2D eigenvalue weighted by molar-refractivity contribution is 0.0697. The van der Waals surface area contributed by atoms with Crippen molar-refractivity contribution in [3.8, 4) is 11.5 Å². The van der Waals surface area contributed by atoms with Crippen molar-refractivity contribution in [3.05, 3.63) is 65.9 Å². The van der Waals surface area contributed by atoms with Gasteiger partial charge >= 0.3 is 5.97 Å². The van der Waals surface area contributed by atoms with E-state index in [9.17, 15) is 4.79 Å². The third kappa shape index (κ3) is 3.46. The molecule has 0 aliphatic carbocycles. The number of carboxylic acid groups (broad SMARTS) is 1. The van der Waals surface area contributed by atoms with Crippen LogP contribution in [0.3, 0.4) is 0 Å². The average molecular weight is 363 g/mol. The topological polar surface area (TPSA) is 84.1 Å². The summed E-state index contributed by atoms with van der Waals surface area (Å²) < 4.78 is 1.96. The molecule has 0 bridgehead atoms. The number of rotatable bonds is 5. The standard InChI is InChI=1S/C20H21N5O2/c1-24-12-10-23-19(24)18-17(21-8-9-22-18)16-3-2-11-25(16)13-14-4-6-15(7-5-14)20(26)27/h4-10,12,16H,2-3,11,13H2,1H3,(H,26,27)/t16-/m0/s1. The summed E-state index contributed by atoms with van der Waals surface area (Å²) in [7, 11) is 1.96. The second-order valence-electron chi connectivity index (χ2n) is 6.78. The summed E-state index contributed by atoms with van der Waals surface area (Å²) in [6, 6.07) is 7.25. The van der Waals surface area contributed by atoms with Crippen LogP contribution in [0.25, 0.3) is 11.5 Å². The first-order valence-electron chi connectivity index (χ1n) is 8.98. The SMILES string of the molecule is Cn1ccnc1-c1nccnc1[C@@H]1CCCN1Cc1ccc(C(=O)O)cc1. The third-order valence-corrected chi connectivity index (χ3v) is 5.03. The minimum Gasteiger partial charge on any atom is -0.478 e. The van der Waals surface area contributed by atoms with Crippen LogP contribution in [-0.4, -0.2) is 42.0 Å². The Hall–Kier alpha value is -3.06. The molecule has 138 valence electrons. The highest BCUT2D eigenvalue weighted by Gasteiger charge is 2.30. The van der Waals surface area contributed by atoms with Gasteiger partial charge in [-0.3, -0.25) is 9.88 Å². The Bertz CT molecular complexity index is 951. The number of carbonyl (C=O) groups is 1. The Balaban J connectivity index is 1.61. The van der Waals surface area contributed by atoms with E-state index in [4.69, 9.17) is 5.11 Å². The molecule has 0 saturated carbocycles. The summed E-state index contributed by atoms with van der Waals surface area (Å²) >= 11 is 0. The minimum atomic E-state index is -0.903. The molecule has 0 spiro atoms. The van der Waals surface area contributed by atoms with E-state index in [-0.39, 0.29) is 6.04 Å². The average Bonchev–Trinajstić information content (AvgIpc) is 3.31. The smallest absolute Gasteiger partial charge is 0.335 e. The lowest BCUT2D eigenvalue weighted by atomic mass is 10.1. The molecule has 1 aromatic carbocycles. The minimum absolute atomic E-state index is 0.171. The van der Waals surface area contributed by atoms with E-state index in [1.807, 2.05) is 29.9 Å². The van der Waals surface area contributed by atoms with Gasteiger partial charge in [-0.2, -0.15) is 0 Å². The molecule has 4 rings (SSSR count). The van der Waals surface area contributed by atoms with Gasteiger partial charge in [0, 0.05) is 38.4 Å². The van der Waals surface area contributed by atoms with E-state index in [1.165, 1.54) is 0 Å². The van der Waals surface area contributed by atoms with Gasteiger partial charge in [0.15, 0.2) is 5.82 Å². The van der Waals surface area contributed by atoms with Crippen molar-refractivity contribution >= 4 is 5.97 Å². The predicted octanol–water partition coefficient (Wildman–Crippen LogP) is 2.91. The predicted molar refractivity (Wildman–Crippen MR) is 100 cm³/mol. The van der Waals surface area contributed by atoms with Crippen LogP contribution in [0, 0.1) is 0 Å². The van der Waals surface area contributed by atoms with Crippen LogP contribution in [-0.2, 0) is 13.6 Å². The maximum atomic E-state index is 11.0. The van der Waals surface area contributed by atoms with Gasteiger partial charge in [-0.25, -0.2) is 14.8 Å². The van der Waals surface area contributed by atoms with Gasteiger partial charge in [-0.05, 0) is 37.1 Å². The van der Waals surface area contributed by atoms with Crippen molar-refractivity contribution in [2.45, 2.75) is 25.4 Å². The van der Waals surface area contributed by atoms with Crippen LogP contribution in [0.4, 0.5) is 0 Å². The fraction of sp³-hybridized carbons (Fsp3) is 0.300. The molecule has 1 aliphatic heterocycles. The maximum Gasteiger partial charge on any atom is 0.335 e. The molecule has 0 amide bonds. The van der Waals surface area contributed by atoms with Crippen LogP contribution >= 0.6 is 0 Å². The van der Waals surface area contributed by atoms with E-state index < -0.39 is 5.97 Å². The molecule has 0 radical (unpaired) electrons. The molecule has 3 aromatic rings. The summed E-state index contributed by atoms with van der Waals surface area (Å²) in [6.45, 7) is 1.73. The van der Waals surface area contributed by atoms with Crippen LogP contribution in [0.5, 0.6) is 0 Å². The molecule has 27 heavy (non-hydrogen) atoms. The Kier molecular flexibility index (Phi) is 4.68. The highest BCUT2D eigenvalue weighted by atomic mass is 16.4. The summed E-state index contributed by atoms with van der Waals surface area (Å²) in [5, 5.41) is 9.06. The van der Waals surface area contributed by atoms with E-state index in [0.717, 1.165) is 48.7 Å². The Labute approximate surface area is 157 Å². The highest BCUT2D eigenvalue weighted by Crippen LogP contribution is 2.35. The number of imidazole rings is 1. The first-order chi connectivity index (χ1) is 13.1. The van der Waals surface area contributed by atoms with Crippen molar-refractivity contribution in [2.24, 2.45) is 7.05 Å². The van der Waals surface area contributed by atoms with Crippen molar-refractivity contribution in [1.82, 2.24) is 24.4 Å². The number of likely N-dealkylation sites (tertiary alicyclic amines) is 1. The summed E-state index contributed by atoms with van der Waals surface area (Å²) in [5.41, 5.74) is 3.17. The number of nitrogens with zero attached hydrogens (tertiary/aromatic N) is 5. The number of benzene rings is 1. The monoisotopic (exact) mass is 363 g/mol. The first kappa shape index (κ1) is 17.4. The fourth-order valence-electron chi connectivity index (χ4n) is 3.67. The number of hydrogen-bond acceptors (Lipinski definition) is 5. The zero-order valence-corrected chi connectivity index (χ0v) is 15.1. The van der Waals surface area contributed by atoms with Crippen molar-refractivity contribution < 1.29 is 9.90 Å². The third-order valence-electron chi connectivity index (χ3n) is 5.03. The second kappa shape index (κ2) is 7.28. The summed E-state index contributed by atoms with van der Waals surface area (Å²) in [5.74, 6) is -0.0874. The van der Waals surface area contributed by atoms with Gasteiger partial charge in [-0.15, -0.1) is 0 Å². The number of aromatic nitrogens is 4. The molecule has 1 N–H and O–H groups in total. The van der Waals surface area contributed by atoms with Gasteiger partial charge in [0.1, 0.15) is 5.69 Å². The molecule has 7 nitrogen and oxygen atoms in total. The zero-order chi connectivity index (χ0) is 18.8. The van der Waals surface area contributed by atoms with Crippen molar-refractivity contribution in [2.75, 3.05) is 6.54 Å². The quantitative estimate of drug-likeness (QED) is 0.750. The number of carboxylic acids is 1. The van der Waals surface area contributed by atoms with Gasteiger partial charge in [0.05, 0.1) is 17.3 Å². The lowest BCUT2D eigenvalue weighted by Crippen LogP contribution is -2.24. The molecule has 1 fully saturated rings. The zero-order valence-electron chi connectivity index (χ0n) is 15.1. The van der Waals surface area contributed by atoms with Crippen LogP contribution in [0.2, 0.25) is 0 Å². The van der Waals surface area contributed by atoms with Gasteiger partial charge < -0.3 is 9.67 Å².